The van der Waals surface area contributed by atoms with Crippen molar-refractivity contribution < 1.29 is 4.39 Å². The van der Waals surface area contributed by atoms with Gasteiger partial charge >= 0.3 is 0 Å². The van der Waals surface area contributed by atoms with Gasteiger partial charge in [-0.1, -0.05) is 44.0 Å². The fourth-order valence-corrected chi connectivity index (χ4v) is 5.43. The van der Waals surface area contributed by atoms with Gasteiger partial charge in [-0.05, 0) is 121 Å². The molecular formula is C28H33F. The molecule has 1 aliphatic carbocycles. The Hall–Kier alpha value is -2.15. The van der Waals surface area contributed by atoms with Gasteiger partial charge in [-0.25, -0.2) is 4.39 Å². The predicted molar refractivity (Wildman–Crippen MR) is 123 cm³/mol. The number of benzene rings is 3. The molecule has 0 heterocycles. The highest BCUT2D eigenvalue weighted by Crippen LogP contribution is 2.40. The molecule has 0 bridgehead atoms. The molecule has 0 amide bonds. The second kappa shape index (κ2) is 7.59. The van der Waals surface area contributed by atoms with E-state index in [9.17, 15) is 4.39 Å². The first-order chi connectivity index (χ1) is 13.8. The van der Waals surface area contributed by atoms with Gasteiger partial charge in [0.1, 0.15) is 5.82 Å². The third kappa shape index (κ3) is 3.61. The van der Waals surface area contributed by atoms with Crippen LogP contribution >= 0.6 is 0 Å². The Morgan fingerprint density at radius 1 is 0.724 bits per heavy atom. The van der Waals surface area contributed by atoms with Gasteiger partial charge in [0.15, 0.2) is 0 Å². The van der Waals surface area contributed by atoms with Crippen LogP contribution in [-0.4, -0.2) is 0 Å². The lowest BCUT2D eigenvalue weighted by Gasteiger charge is -2.27. The SMILES string of the molecule is Cc1cc(-c2c(C)cc3cc(C4CCC(C)CC4)cc(C)c3c2C)cc(F)c1C. The van der Waals surface area contributed by atoms with Crippen molar-refractivity contribution in [3.8, 4) is 11.1 Å². The normalized spacial score (nSPS) is 19.7. The van der Waals surface area contributed by atoms with Gasteiger partial charge < -0.3 is 0 Å². The van der Waals surface area contributed by atoms with E-state index < -0.39 is 0 Å². The first-order valence-corrected chi connectivity index (χ1v) is 11.1. The first-order valence-electron chi connectivity index (χ1n) is 11.1. The zero-order chi connectivity index (χ0) is 20.9. The molecule has 1 heteroatoms. The summed E-state index contributed by atoms with van der Waals surface area (Å²) in [5.74, 6) is 1.46. The molecule has 0 aliphatic heterocycles. The number of rotatable bonds is 2. The Labute approximate surface area is 175 Å². The van der Waals surface area contributed by atoms with Gasteiger partial charge in [-0.15, -0.1) is 0 Å². The first kappa shape index (κ1) is 20.1. The maximum absolute atomic E-state index is 14.5. The van der Waals surface area contributed by atoms with Crippen LogP contribution in [0.1, 0.15) is 71.9 Å². The number of fused-ring (bicyclic) bond motifs is 1. The number of hydrogen-bond acceptors (Lipinski definition) is 0. The average Bonchev–Trinajstić information content (AvgIpc) is 2.65. The van der Waals surface area contributed by atoms with Crippen LogP contribution in [0.15, 0.2) is 30.3 Å². The van der Waals surface area contributed by atoms with Crippen molar-refractivity contribution in [1.82, 2.24) is 0 Å². The van der Waals surface area contributed by atoms with E-state index in [0.717, 1.165) is 22.6 Å². The largest absolute Gasteiger partial charge is 0.207 e. The van der Waals surface area contributed by atoms with E-state index in [1.165, 1.54) is 64.3 Å². The molecule has 0 aromatic heterocycles. The van der Waals surface area contributed by atoms with E-state index in [1.807, 2.05) is 13.8 Å². The molecule has 1 aliphatic rings. The van der Waals surface area contributed by atoms with E-state index >= 15 is 0 Å². The fraction of sp³-hybridized carbons (Fsp3) is 0.429. The summed E-state index contributed by atoms with van der Waals surface area (Å²) in [5.41, 5.74) is 9.28. The zero-order valence-corrected chi connectivity index (χ0v) is 18.7. The van der Waals surface area contributed by atoms with Crippen molar-refractivity contribution in [2.75, 3.05) is 0 Å². The molecule has 3 aromatic carbocycles. The van der Waals surface area contributed by atoms with Crippen molar-refractivity contribution in [3.05, 3.63) is 69.5 Å². The topological polar surface area (TPSA) is 0 Å². The quantitative estimate of drug-likeness (QED) is 0.413. The molecule has 0 nitrogen and oxygen atoms in total. The maximum Gasteiger partial charge on any atom is 0.126 e. The van der Waals surface area contributed by atoms with Crippen molar-refractivity contribution >= 4 is 10.8 Å². The Bertz CT molecular complexity index is 1060. The zero-order valence-electron chi connectivity index (χ0n) is 18.7. The van der Waals surface area contributed by atoms with Crippen LogP contribution in [0.4, 0.5) is 4.39 Å². The van der Waals surface area contributed by atoms with Crippen molar-refractivity contribution in [1.29, 1.82) is 0 Å². The molecular weight excluding hydrogens is 355 g/mol. The summed E-state index contributed by atoms with van der Waals surface area (Å²) in [5, 5.41) is 2.67. The maximum atomic E-state index is 14.5. The minimum Gasteiger partial charge on any atom is -0.207 e. The Kier molecular flexibility index (Phi) is 5.27. The molecule has 0 unspecified atom stereocenters. The third-order valence-electron chi connectivity index (χ3n) is 7.28. The molecule has 4 rings (SSSR count). The van der Waals surface area contributed by atoms with Gasteiger partial charge in [-0.3, -0.25) is 0 Å². The highest BCUT2D eigenvalue weighted by Gasteiger charge is 2.21. The minimum atomic E-state index is -0.113. The van der Waals surface area contributed by atoms with E-state index in [4.69, 9.17) is 0 Å². The van der Waals surface area contributed by atoms with Crippen LogP contribution in [0.3, 0.4) is 0 Å². The molecule has 0 saturated heterocycles. The molecule has 0 radical (unpaired) electrons. The number of hydrogen-bond donors (Lipinski definition) is 0. The monoisotopic (exact) mass is 388 g/mol. The average molecular weight is 389 g/mol. The highest BCUT2D eigenvalue weighted by atomic mass is 19.1. The molecule has 3 aromatic rings. The van der Waals surface area contributed by atoms with Crippen molar-refractivity contribution in [2.24, 2.45) is 5.92 Å². The molecule has 152 valence electrons. The van der Waals surface area contributed by atoms with Crippen LogP contribution in [0, 0.1) is 46.4 Å². The van der Waals surface area contributed by atoms with Crippen molar-refractivity contribution in [3.63, 3.8) is 0 Å². The summed E-state index contributed by atoms with van der Waals surface area (Å²) in [6.45, 7) is 12.8. The van der Waals surface area contributed by atoms with Crippen LogP contribution in [0.25, 0.3) is 21.9 Å². The number of aryl methyl sites for hydroxylation is 4. The summed E-state index contributed by atoms with van der Waals surface area (Å²) in [7, 11) is 0. The smallest absolute Gasteiger partial charge is 0.126 e. The molecule has 0 N–H and O–H groups in total. The number of halogens is 1. The Morgan fingerprint density at radius 3 is 2.07 bits per heavy atom. The molecule has 1 saturated carbocycles. The second-order valence-corrected chi connectivity index (χ2v) is 9.49. The van der Waals surface area contributed by atoms with Crippen LogP contribution in [0.5, 0.6) is 0 Å². The lowest BCUT2D eigenvalue weighted by molar-refractivity contribution is 0.348. The summed E-state index contributed by atoms with van der Waals surface area (Å²) in [6, 6.07) is 11.0. The lowest BCUT2D eigenvalue weighted by Crippen LogP contribution is -2.11. The summed E-state index contributed by atoms with van der Waals surface area (Å²) in [4.78, 5) is 0. The predicted octanol–water partition coefficient (Wildman–Crippen LogP) is 8.48. The second-order valence-electron chi connectivity index (χ2n) is 9.49. The van der Waals surface area contributed by atoms with Crippen LogP contribution in [0.2, 0.25) is 0 Å². The molecule has 29 heavy (non-hydrogen) atoms. The van der Waals surface area contributed by atoms with E-state index in [1.54, 1.807) is 6.07 Å². The molecule has 1 fully saturated rings. The Morgan fingerprint density at radius 2 is 1.41 bits per heavy atom. The Balaban J connectivity index is 1.86. The standard InChI is InChI=1S/C28H33F/c1-16-7-9-22(10-8-16)23-12-18(3)27-21(6)28(19(4)13-24(27)14-23)25-11-17(2)20(5)26(29)15-25/h11-16,22H,7-10H2,1-6H3. The molecule has 0 spiro atoms. The summed E-state index contributed by atoms with van der Waals surface area (Å²) < 4.78 is 14.5. The molecule has 0 atom stereocenters. The summed E-state index contributed by atoms with van der Waals surface area (Å²) in [6.07, 6.45) is 5.31. The highest BCUT2D eigenvalue weighted by molar-refractivity contribution is 5.96. The van der Waals surface area contributed by atoms with Gasteiger partial charge in [0.2, 0.25) is 0 Å². The van der Waals surface area contributed by atoms with Gasteiger partial charge in [0, 0.05) is 0 Å². The van der Waals surface area contributed by atoms with E-state index in [-0.39, 0.29) is 5.82 Å². The minimum absolute atomic E-state index is 0.113. The van der Waals surface area contributed by atoms with Gasteiger partial charge in [-0.2, -0.15) is 0 Å². The van der Waals surface area contributed by atoms with Gasteiger partial charge in [0.25, 0.3) is 0 Å². The van der Waals surface area contributed by atoms with E-state index in [0.29, 0.717) is 5.92 Å². The third-order valence-corrected chi connectivity index (χ3v) is 7.28. The van der Waals surface area contributed by atoms with Crippen molar-refractivity contribution in [2.45, 2.75) is 73.1 Å². The summed E-state index contributed by atoms with van der Waals surface area (Å²) >= 11 is 0. The van der Waals surface area contributed by atoms with Gasteiger partial charge in [0.05, 0.1) is 0 Å². The lowest BCUT2D eigenvalue weighted by atomic mass is 9.78. The van der Waals surface area contributed by atoms with Crippen LogP contribution < -0.4 is 0 Å². The van der Waals surface area contributed by atoms with E-state index in [2.05, 4.69) is 52.0 Å². The van der Waals surface area contributed by atoms with Crippen LogP contribution in [-0.2, 0) is 0 Å². The fourth-order valence-electron chi connectivity index (χ4n) is 5.43.